The number of ether oxygens (including phenoxy) is 2. The maximum atomic E-state index is 12.5. The number of thioether (sulfide) groups is 1. The van der Waals surface area contributed by atoms with Crippen LogP contribution in [0.2, 0.25) is 0 Å². The molecule has 1 N–H and O–H groups in total. The number of anilines is 1. The Kier molecular flexibility index (Phi) is 6.35. The zero-order chi connectivity index (χ0) is 22.6. The standard InChI is InChI=1S/C25H26N4O3S/c1-17-12-23(29-10-2-3-11-29)28-25(27-17)33-15-18-4-7-20(8-5-18)24(30)26-14-19-6-9-21-22(13-19)32-16-31-21/h4-9,12-13H,2-3,10-11,14-16H2,1H3,(H,26,30). The van der Waals surface area contributed by atoms with E-state index in [1.165, 1.54) is 12.8 Å². The third-order valence-electron chi connectivity index (χ3n) is 5.72. The van der Waals surface area contributed by atoms with Crippen molar-refractivity contribution in [2.24, 2.45) is 0 Å². The normalized spacial score (nSPS) is 14.5. The van der Waals surface area contributed by atoms with Gasteiger partial charge in [-0.3, -0.25) is 4.79 Å². The summed E-state index contributed by atoms with van der Waals surface area (Å²) in [6, 6.07) is 15.4. The second-order valence-electron chi connectivity index (χ2n) is 8.20. The molecule has 2 aliphatic rings. The van der Waals surface area contributed by atoms with Crippen molar-refractivity contribution in [1.29, 1.82) is 0 Å². The van der Waals surface area contributed by atoms with Gasteiger partial charge in [0.2, 0.25) is 6.79 Å². The lowest BCUT2D eigenvalue weighted by atomic mass is 10.1. The van der Waals surface area contributed by atoms with Crippen molar-refractivity contribution in [2.45, 2.75) is 37.2 Å². The van der Waals surface area contributed by atoms with E-state index in [9.17, 15) is 4.79 Å². The third-order valence-corrected chi connectivity index (χ3v) is 6.64. The van der Waals surface area contributed by atoms with Crippen molar-refractivity contribution in [3.05, 3.63) is 70.9 Å². The molecule has 170 valence electrons. The molecule has 0 radical (unpaired) electrons. The number of amides is 1. The van der Waals surface area contributed by atoms with Crippen molar-refractivity contribution in [2.75, 3.05) is 24.8 Å². The van der Waals surface area contributed by atoms with Crippen molar-refractivity contribution in [3.8, 4) is 11.5 Å². The summed E-state index contributed by atoms with van der Waals surface area (Å²) in [5.74, 6) is 3.12. The second kappa shape index (κ2) is 9.70. The zero-order valence-electron chi connectivity index (χ0n) is 18.5. The fourth-order valence-electron chi connectivity index (χ4n) is 3.93. The van der Waals surface area contributed by atoms with Crippen LogP contribution >= 0.6 is 11.8 Å². The van der Waals surface area contributed by atoms with E-state index in [-0.39, 0.29) is 12.7 Å². The Balaban J connectivity index is 1.15. The molecule has 0 bridgehead atoms. The Morgan fingerprint density at radius 1 is 1.00 bits per heavy atom. The van der Waals surface area contributed by atoms with Crippen molar-refractivity contribution in [1.82, 2.24) is 15.3 Å². The number of benzene rings is 2. The van der Waals surface area contributed by atoms with Crippen LogP contribution in [0.25, 0.3) is 0 Å². The van der Waals surface area contributed by atoms with Gasteiger partial charge in [0.15, 0.2) is 16.7 Å². The molecule has 33 heavy (non-hydrogen) atoms. The molecule has 2 aromatic carbocycles. The lowest BCUT2D eigenvalue weighted by Crippen LogP contribution is -2.22. The van der Waals surface area contributed by atoms with E-state index in [1.807, 2.05) is 49.4 Å². The summed E-state index contributed by atoms with van der Waals surface area (Å²) >= 11 is 1.62. The fourth-order valence-corrected chi connectivity index (χ4v) is 4.79. The van der Waals surface area contributed by atoms with Crippen LogP contribution < -0.4 is 19.7 Å². The van der Waals surface area contributed by atoms with E-state index in [4.69, 9.17) is 14.5 Å². The van der Waals surface area contributed by atoms with Gasteiger partial charge in [-0.25, -0.2) is 9.97 Å². The van der Waals surface area contributed by atoms with Gasteiger partial charge in [-0.05, 0) is 55.2 Å². The minimum absolute atomic E-state index is 0.107. The highest BCUT2D eigenvalue weighted by atomic mass is 32.2. The Bertz CT molecular complexity index is 1150. The number of aromatic nitrogens is 2. The van der Waals surface area contributed by atoms with Crippen LogP contribution in [0.3, 0.4) is 0 Å². The predicted octanol–water partition coefficient (Wildman–Crippen LogP) is 4.34. The van der Waals surface area contributed by atoms with Gasteiger partial charge in [0, 0.05) is 42.7 Å². The van der Waals surface area contributed by atoms with E-state index in [1.54, 1.807) is 11.8 Å². The molecule has 1 fully saturated rings. The second-order valence-corrected chi connectivity index (χ2v) is 9.14. The summed E-state index contributed by atoms with van der Waals surface area (Å²) in [5, 5.41) is 3.75. The first-order chi connectivity index (χ1) is 16.1. The average Bonchev–Trinajstić information content (AvgIpc) is 3.53. The maximum absolute atomic E-state index is 12.5. The number of aryl methyl sites for hydroxylation is 1. The van der Waals surface area contributed by atoms with Gasteiger partial charge >= 0.3 is 0 Å². The van der Waals surface area contributed by atoms with Crippen LogP contribution in [0.5, 0.6) is 11.5 Å². The van der Waals surface area contributed by atoms with Crippen LogP contribution in [0.4, 0.5) is 5.82 Å². The molecule has 3 aromatic rings. The number of hydrogen-bond donors (Lipinski definition) is 1. The number of nitrogens with one attached hydrogen (secondary N) is 1. The lowest BCUT2D eigenvalue weighted by Gasteiger charge is -2.17. The first-order valence-corrected chi connectivity index (χ1v) is 12.1. The molecule has 0 saturated carbocycles. The number of carbonyl (C=O) groups excluding carboxylic acids is 1. The monoisotopic (exact) mass is 462 g/mol. The Morgan fingerprint density at radius 3 is 2.58 bits per heavy atom. The summed E-state index contributed by atoms with van der Waals surface area (Å²) in [6.07, 6.45) is 2.45. The van der Waals surface area contributed by atoms with E-state index in [0.717, 1.165) is 52.4 Å². The molecule has 1 amide bonds. The van der Waals surface area contributed by atoms with Crippen LogP contribution in [0, 0.1) is 6.92 Å². The first kappa shape index (κ1) is 21.6. The summed E-state index contributed by atoms with van der Waals surface area (Å²) in [4.78, 5) is 24.2. The summed E-state index contributed by atoms with van der Waals surface area (Å²) in [7, 11) is 0. The highest BCUT2D eigenvalue weighted by Crippen LogP contribution is 2.32. The lowest BCUT2D eigenvalue weighted by molar-refractivity contribution is 0.0951. The maximum Gasteiger partial charge on any atom is 0.251 e. The Labute approximate surface area is 197 Å². The van der Waals surface area contributed by atoms with Gasteiger partial charge in [0.05, 0.1) is 0 Å². The van der Waals surface area contributed by atoms with Gasteiger partial charge < -0.3 is 19.7 Å². The number of rotatable bonds is 7. The van der Waals surface area contributed by atoms with Crippen molar-refractivity contribution in [3.63, 3.8) is 0 Å². The van der Waals surface area contributed by atoms with Gasteiger partial charge in [0.25, 0.3) is 5.91 Å². The highest BCUT2D eigenvalue weighted by molar-refractivity contribution is 7.98. The van der Waals surface area contributed by atoms with Gasteiger partial charge in [-0.1, -0.05) is 30.0 Å². The van der Waals surface area contributed by atoms with Crippen molar-refractivity contribution >= 4 is 23.5 Å². The molecule has 8 heteroatoms. The van der Waals surface area contributed by atoms with Gasteiger partial charge in [-0.15, -0.1) is 0 Å². The number of hydrogen-bond acceptors (Lipinski definition) is 7. The molecule has 5 rings (SSSR count). The van der Waals surface area contributed by atoms with Crippen molar-refractivity contribution < 1.29 is 14.3 Å². The van der Waals surface area contributed by atoms with E-state index in [0.29, 0.717) is 17.9 Å². The van der Waals surface area contributed by atoms with Crippen LogP contribution in [0.15, 0.2) is 53.7 Å². The zero-order valence-corrected chi connectivity index (χ0v) is 19.4. The molecule has 0 aliphatic carbocycles. The van der Waals surface area contributed by atoms with Crippen LogP contribution in [-0.2, 0) is 12.3 Å². The molecular formula is C25H26N4O3S. The molecule has 1 aromatic heterocycles. The molecule has 3 heterocycles. The summed E-state index contributed by atoms with van der Waals surface area (Å²) < 4.78 is 10.7. The van der Waals surface area contributed by atoms with Gasteiger partial charge in [-0.2, -0.15) is 0 Å². The van der Waals surface area contributed by atoms with Gasteiger partial charge in [0.1, 0.15) is 5.82 Å². The minimum Gasteiger partial charge on any atom is -0.454 e. The van der Waals surface area contributed by atoms with Crippen LogP contribution in [-0.4, -0.2) is 35.8 Å². The van der Waals surface area contributed by atoms with E-state index >= 15 is 0 Å². The molecule has 2 aliphatic heterocycles. The molecule has 0 spiro atoms. The smallest absolute Gasteiger partial charge is 0.251 e. The fraction of sp³-hybridized carbons (Fsp3) is 0.320. The van der Waals surface area contributed by atoms with E-state index in [2.05, 4.69) is 21.3 Å². The Morgan fingerprint density at radius 2 is 1.76 bits per heavy atom. The Hall–Kier alpha value is -3.26. The minimum atomic E-state index is -0.107. The topological polar surface area (TPSA) is 76.6 Å². The number of carbonyl (C=O) groups is 1. The number of fused-ring (bicyclic) bond motifs is 1. The molecule has 0 atom stereocenters. The summed E-state index contributed by atoms with van der Waals surface area (Å²) in [5.41, 5.74) is 3.71. The molecule has 0 unspecified atom stereocenters. The first-order valence-electron chi connectivity index (χ1n) is 11.1. The average molecular weight is 463 g/mol. The molecule has 1 saturated heterocycles. The summed E-state index contributed by atoms with van der Waals surface area (Å²) in [6.45, 7) is 4.82. The highest BCUT2D eigenvalue weighted by Gasteiger charge is 2.16. The third kappa shape index (κ3) is 5.22. The molecule has 7 nitrogen and oxygen atoms in total. The predicted molar refractivity (Wildman–Crippen MR) is 128 cm³/mol. The largest absolute Gasteiger partial charge is 0.454 e. The molecular weight excluding hydrogens is 436 g/mol. The number of nitrogens with zero attached hydrogens (tertiary/aromatic N) is 3. The van der Waals surface area contributed by atoms with E-state index < -0.39 is 0 Å². The quantitative estimate of drug-likeness (QED) is 0.414. The SMILES string of the molecule is Cc1cc(N2CCCC2)nc(SCc2ccc(C(=O)NCc3ccc4c(c3)OCO4)cc2)n1. The van der Waals surface area contributed by atoms with Crippen LogP contribution in [0.1, 0.15) is 40.0 Å².